The highest BCUT2D eigenvalue weighted by Gasteiger charge is 2.36. The number of nitrogens with one attached hydrogen (secondary N) is 1. The van der Waals surface area contributed by atoms with Crippen molar-refractivity contribution in [1.29, 1.82) is 0 Å². The molecule has 3 unspecified atom stereocenters. The molecule has 1 saturated carbocycles. The fraction of sp³-hybridized carbons (Fsp3) is 0.481. The highest BCUT2D eigenvalue weighted by atomic mass is 35.5. The van der Waals surface area contributed by atoms with Gasteiger partial charge >= 0.3 is 12.1 Å². The van der Waals surface area contributed by atoms with E-state index < -0.39 is 17.7 Å². The number of amides is 1. The second-order valence-electron chi connectivity index (χ2n) is 9.74. The Balaban J connectivity index is 1.28. The van der Waals surface area contributed by atoms with Crippen LogP contribution in [0.4, 0.5) is 18.9 Å². The summed E-state index contributed by atoms with van der Waals surface area (Å²) in [6.07, 6.45) is 0.331. The number of carboxylic acid groups (broad SMARTS) is 1. The summed E-state index contributed by atoms with van der Waals surface area (Å²) in [5.41, 5.74) is 1.27. The molecule has 0 radical (unpaired) electrons. The first-order valence-corrected chi connectivity index (χ1v) is 12.7. The van der Waals surface area contributed by atoms with E-state index in [9.17, 15) is 22.8 Å². The summed E-state index contributed by atoms with van der Waals surface area (Å²) < 4.78 is 38.4. The number of rotatable bonds is 7. The second kappa shape index (κ2) is 11.1. The third kappa shape index (κ3) is 6.33. The van der Waals surface area contributed by atoms with Crippen molar-refractivity contribution in [3.05, 3.63) is 65.2 Å². The van der Waals surface area contributed by atoms with Gasteiger partial charge in [-0.25, -0.2) is 4.79 Å². The number of benzene rings is 2. The molecular weight excluding hydrogens is 493 g/mol. The number of piperidine rings is 1. The van der Waals surface area contributed by atoms with Gasteiger partial charge in [0.1, 0.15) is 0 Å². The summed E-state index contributed by atoms with van der Waals surface area (Å²) in [4.78, 5) is 26.1. The number of anilines is 1. The van der Waals surface area contributed by atoms with Gasteiger partial charge < -0.3 is 15.3 Å². The first-order chi connectivity index (χ1) is 17.1. The minimum Gasteiger partial charge on any atom is -0.478 e. The molecule has 1 heterocycles. The summed E-state index contributed by atoms with van der Waals surface area (Å²) in [6.45, 7) is 1.23. The van der Waals surface area contributed by atoms with Crippen molar-refractivity contribution >= 4 is 29.2 Å². The van der Waals surface area contributed by atoms with Crippen molar-refractivity contribution in [2.45, 2.75) is 56.1 Å². The largest absolute Gasteiger partial charge is 0.478 e. The van der Waals surface area contributed by atoms with Gasteiger partial charge in [-0.2, -0.15) is 13.2 Å². The van der Waals surface area contributed by atoms with Crippen LogP contribution in [0.5, 0.6) is 0 Å². The Morgan fingerprint density at radius 2 is 1.64 bits per heavy atom. The number of hydrogen-bond donors (Lipinski definition) is 2. The Labute approximate surface area is 213 Å². The summed E-state index contributed by atoms with van der Waals surface area (Å²) in [6, 6.07) is 11.9. The first kappa shape index (κ1) is 26.3. The smallest absolute Gasteiger partial charge is 0.416 e. The van der Waals surface area contributed by atoms with Crippen LogP contribution in [-0.4, -0.2) is 41.5 Å². The lowest BCUT2D eigenvalue weighted by Crippen LogP contribution is -2.46. The standard InChI is InChI=1S/C27H30ClF3N2O3/c28-23(16-17-4-6-19(7-5-17)26(35)36)22-2-1-3-24(22)32-25(34)18-12-14-33(15-13-18)21-10-8-20(9-11-21)27(29,30)31/h4-11,18,22-24H,1-3,12-16H2,(H,32,34)(H,35,36). The van der Waals surface area contributed by atoms with E-state index in [1.54, 1.807) is 24.3 Å². The van der Waals surface area contributed by atoms with Gasteiger partial charge in [0.25, 0.3) is 0 Å². The number of carbonyl (C=O) groups excluding carboxylic acids is 1. The van der Waals surface area contributed by atoms with Crippen LogP contribution in [0, 0.1) is 11.8 Å². The maximum Gasteiger partial charge on any atom is 0.416 e. The van der Waals surface area contributed by atoms with Gasteiger partial charge in [-0.05, 0) is 80.0 Å². The van der Waals surface area contributed by atoms with Crippen LogP contribution in [0.15, 0.2) is 48.5 Å². The van der Waals surface area contributed by atoms with Crippen molar-refractivity contribution in [3.63, 3.8) is 0 Å². The summed E-state index contributed by atoms with van der Waals surface area (Å²) in [5, 5.41) is 12.1. The third-order valence-electron chi connectivity index (χ3n) is 7.42. The molecule has 0 spiro atoms. The van der Waals surface area contributed by atoms with Gasteiger partial charge in [0, 0.05) is 36.1 Å². The van der Waals surface area contributed by atoms with E-state index in [2.05, 4.69) is 5.32 Å². The van der Waals surface area contributed by atoms with Crippen molar-refractivity contribution in [1.82, 2.24) is 5.32 Å². The van der Waals surface area contributed by atoms with E-state index in [1.807, 2.05) is 4.90 Å². The molecule has 4 rings (SSSR count). The Morgan fingerprint density at radius 3 is 2.22 bits per heavy atom. The van der Waals surface area contributed by atoms with Gasteiger partial charge in [0.15, 0.2) is 0 Å². The predicted octanol–water partition coefficient (Wildman–Crippen LogP) is 5.76. The van der Waals surface area contributed by atoms with Crippen molar-refractivity contribution in [2.24, 2.45) is 11.8 Å². The number of alkyl halides is 4. The first-order valence-electron chi connectivity index (χ1n) is 12.3. The van der Waals surface area contributed by atoms with Gasteiger partial charge in [-0.1, -0.05) is 18.6 Å². The van der Waals surface area contributed by atoms with E-state index in [0.29, 0.717) is 32.4 Å². The zero-order valence-corrected chi connectivity index (χ0v) is 20.6. The fourth-order valence-electron chi connectivity index (χ4n) is 5.32. The van der Waals surface area contributed by atoms with Crippen LogP contribution in [0.1, 0.15) is 53.6 Å². The molecular formula is C27H30ClF3N2O3. The predicted molar refractivity (Wildman–Crippen MR) is 132 cm³/mol. The van der Waals surface area contributed by atoms with E-state index >= 15 is 0 Å². The number of hydrogen-bond acceptors (Lipinski definition) is 3. The normalized spacial score (nSPS) is 21.8. The van der Waals surface area contributed by atoms with Crippen molar-refractivity contribution in [3.8, 4) is 0 Å². The molecule has 1 saturated heterocycles. The zero-order chi connectivity index (χ0) is 25.9. The molecule has 1 aliphatic heterocycles. The molecule has 36 heavy (non-hydrogen) atoms. The van der Waals surface area contributed by atoms with E-state index in [0.717, 1.165) is 42.6 Å². The fourth-order valence-corrected chi connectivity index (χ4v) is 5.80. The van der Waals surface area contributed by atoms with Gasteiger partial charge in [0.05, 0.1) is 11.1 Å². The SMILES string of the molecule is O=C(O)c1ccc(CC(Cl)C2CCCC2NC(=O)C2CCN(c3ccc(C(F)(F)F)cc3)CC2)cc1. The van der Waals surface area contributed by atoms with E-state index in [1.165, 1.54) is 12.1 Å². The number of halogens is 4. The minimum absolute atomic E-state index is 0.00577. The molecule has 9 heteroatoms. The lowest BCUT2D eigenvalue weighted by atomic mass is 9.91. The molecule has 0 bridgehead atoms. The van der Waals surface area contributed by atoms with E-state index in [4.69, 9.17) is 16.7 Å². The van der Waals surface area contributed by atoms with Crippen LogP contribution < -0.4 is 10.2 Å². The summed E-state index contributed by atoms with van der Waals surface area (Å²) in [5.74, 6) is -0.933. The Hall–Kier alpha value is -2.74. The highest BCUT2D eigenvalue weighted by Crippen LogP contribution is 2.34. The Morgan fingerprint density at radius 1 is 1.00 bits per heavy atom. The van der Waals surface area contributed by atoms with Crippen LogP contribution in [0.2, 0.25) is 0 Å². The summed E-state index contributed by atoms with van der Waals surface area (Å²) >= 11 is 6.77. The van der Waals surface area contributed by atoms with Crippen molar-refractivity contribution < 1.29 is 27.9 Å². The van der Waals surface area contributed by atoms with Gasteiger partial charge in [-0.3, -0.25) is 4.79 Å². The van der Waals surface area contributed by atoms with Crippen LogP contribution in [-0.2, 0) is 17.4 Å². The second-order valence-corrected chi connectivity index (χ2v) is 10.3. The molecule has 2 aromatic rings. The van der Waals surface area contributed by atoms with E-state index in [-0.39, 0.29) is 34.7 Å². The topological polar surface area (TPSA) is 69.6 Å². The maximum atomic E-state index is 13.0. The molecule has 1 amide bonds. The molecule has 2 aromatic carbocycles. The lowest BCUT2D eigenvalue weighted by molar-refractivity contribution is -0.137. The average Bonchev–Trinajstić information content (AvgIpc) is 3.32. The van der Waals surface area contributed by atoms with Gasteiger partial charge in [0.2, 0.25) is 5.91 Å². The molecule has 3 atom stereocenters. The molecule has 5 nitrogen and oxygen atoms in total. The lowest BCUT2D eigenvalue weighted by Gasteiger charge is -2.34. The number of carboxylic acids is 1. The van der Waals surface area contributed by atoms with Gasteiger partial charge in [-0.15, -0.1) is 11.6 Å². The average molecular weight is 523 g/mol. The molecule has 194 valence electrons. The quantitative estimate of drug-likeness (QED) is 0.454. The number of aromatic carboxylic acids is 1. The molecule has 2 N–H and O–H groups in total. The molecule has 2 fully saturated rings. The number of carbonyl (C=O) groups is 2. The van der Waals surface area contributed by atoms with Crippen LogP contribution >= 0.6 is 11.6 Å². The van der Waals surface area contributed by atoms with Crippen LogP contribution in [0.25, 0.3) is 0 Å². The molecule has 1 aliphatic carbocycles. The zero-order valence-electron chi connectivity index (χ0n) is 19.8. The molecule has 2 aliphatic rings. The summed E-state index contributed by atoms with van der Waals surface area (Å²) in [7, 11) is 0. The Bertz CT molecular complexity index is 1050. The monoisotopic (exact) mass is 522 g/mol. The Kier molecular flexibility index (Phi) is 8.13. The maximum absolute atomic E-state index is 13.0. The molecule has 0 aromatic heterocycles. The van der Waals surface area contributed by atoms with Crippen LogP contribution in [0.3, 0.4) is 0 Å². The third-order valence-corrected chi connectivity index (χ3v) is 7.90. The van der Waals surface area contributed by atoms with Crippen molar-refractivity contribution in [2.75, 3.05) is 18.0 Å². The highest BCUT2D eigenvalue weighted by molar-refractivity contribution is 6.21. The number of nitrogens with zero attached hydrogens (tertiary/aromatic N) is 1. The minimum atomic E-state index is -4.35.